The van der Waals surface area contributed by atoms with Crippen LogP contribution in [0.3, 0.4) is 0 Å². The fraction of sp³-hybridized carbons (Fsp3) is 0.250. The zero-order chi connectivity index (χ0) is 13.5. The van der Waals surface area contributed by atoms with E-state index in [4.69, 9.17) is 4.74 Å². The third-order valence-electron chi connectivity index (χ3n) is 2.93. The molecule has 19 heavy (non-hydrogen) atoms. The molecule has 0 aliphatic carbocycles. The van der Waals surface area contributed by atoms with Crippen LogP contribution in [0.15, 0.2) is 53.7 Å². The predicted molar refractivity (Wildman–Crippen MR) is 77.0 cm³/mol. The third-order valence-corrected chi connectivity index (χ3v) is 2.93. The summed E-state index contributed by atoms with van der Waals surface area (Å²) in [5.41, 5.74) is 1.46. The molecule has 98 valence electrons. The second kappa shape index (κ2) is 6.69. The van der Waals surface area contributed by atoms with Crippen molar-refractivity contribution in [1.29, 1.82) is 0 Å². The van der Waals surface area contributed by atoms with Crippen LogP contribution in [0.1, 0.15) is 25.3 Å². The summed E-state index contributed by atoms with van der Waals surface area (Å²) in [6.45, 7) is 2.12. The van der Waals surface area contributed by atoms with Gasteiger partial charge in [-0.3, -0.25) is 0 Å². The van der Waals surface area contributed by atoms with E-state index in [1.165, 1.54) is 0 Å². The summed E-state index contributed by atoms with van der Waals surface area (Å²) in [7, 11) is 0. The van der Waals surface area contributed by atoms with Gasteiger partial charge >= 0.3 is 0 Å². The molecule has 0 saturated carbocycles. The molecule has 0 saturated heterocycles. The number of nitrogens with zero attached hydrogens (tertiary/aromatic N) is 1. The minimum atomic E-state index is 0.508. The molecule has 3 nitrogen and oxygen atoms in total. The van der Waals surface area contributed by atoms with Crippen molar-refractivity contribution in [3.8, 4) is 11.5 Å². The van der Waals surface area contributed by atoms with E-state index in [9.17, 15) is 4.91 Å². The fourth-order valence-corrected chi connectivity index (χ4v) is 1.91. The Morgan fingerprint density at radius 3 is 2.53 bits per heavy atom. The van der Waals surface area contributed by atoms with Crippen molar-refractivity contribution in [3.63, 3.8) is 0 Å². The number of nitroso groups, excluding NO2 is 1. The largest absolute Gasteiger partial charge is 0.457 e. The van der Waals surface area contributed by atoms with Gasteiger partial charge in [-0.05, 0) is 53.9 Å². The number of para-hydroxylation sites is 1. The van der Waals surface area contributed by atoms with E-state index in [1.807, 2.05) is 36.4 Å². The molecular weight excluding hydrogens is 238 g/mol. The van der Waals surface area contributed by atoms with E-state index in [1.54, 1.807) is 12.1 Å². The highest BCUT2D eigenvalue weighted by atomic mass is 16.5. The number of rotatable bonds is 6. The molecule has 0 bridgehead atoms. The van der Waals surface area contributed by atoms with E-state index < -0.39 is 0 Å². The quantitative estimate of drug-likeness (QED) is 0.664. The Kier molecular flexibility index (Phi) is 4.67. The highest BCUT2D eigenvalue weighted by Gasteiger charge is 2.05. The molecule has 0 heterocycles. The van der Waals surface area contributed by atoms with Gasteiger partial charge in [0.15, 0.2) is 0 Å². The highest BCUT2D eigenvalue weighted by molar-refractivity contribution is 5.50. The normalized spacial score (nSPS) is 10.2. The van der Waals surface area contributed by atoms with E-state index in [0.717, 1.165) is 36.3 Å². The summed E-state index contributed by atoms with van der Waals surface area (Å²) >= 11 is 0. The van der Waals surface area contributed by atoms with Crippen LogP contribution in [-0.2, 0) is 6.42 Å². The van der Waals surface area contributed by atoms with Gasteiger partial charge in [-0.2, -0.15) is 0 Å². The molecule has 2 rings (SSSR count). The fourth-order valence-electron chi connectivity index (χ4n) is 1.91. The van der Waals surface area contributed by atoms with Crippen LogP contribution in [-0.4, -0.2) is 0 Å². The molecule has 0 fully saturated rings. The lowest BCUT2D eigenvalue weighted by atomic mass is 10.1. The van der Waals surface area contributed by atoms with Crippen LogP contribution < -0.4 is 4.74 Å². The zero-order valence-electron chi connectivity index (χ0n) is 11.0. The van der Waals surface area contributed by atoms with Crippen LogP contribution in [0.5, 0.6) is 11.5 Å². The molecule has 0 radical (unpaired) electrons. The molecule has 3 heteroatoms. The van der Waals surface area contributed by atoms with Gasteiger partial charge in [0, 0.05) is 0 Å². The Bertz CT molecular complexity index is 538. The van der Waals surface area contributed by atoms with Crippen LogP contribution >= 0.6 is 0 Å². The van der Waals surface area contributed by atoms with Gasteiger partial charge in [0.2, 0.25) is 0 Å². The van der Waals surface area contributed by atoms with Gasteiger partial charge in [0.1, 0.15) is 17.2 Å². The number of ether oxygens (including phenoxy) is 1. The van der Waals surface area contributed by atoms with Crippen LogP contribution in [0.25, 0.3) is 0 Å². The maximum Gasteiger partial charge on any atom is 0.127 e. The van der Waals surface area contributed by atoms with E-state index >= 15 is 0 Å². The first-order valence-electron chi connectivity index (χ1n) is 6.52. The summed E-state index contributed by atoms with van der Waals surface area (Å²) < 4.78 is 5.75. The first kappa shape index (κ1) is 13.3. The maximum absolute atomic E-state index is 10.8. The van der Waals surface area contributed by atoms with E-state index in [-0.39, 0.29) is 0 Å². The minimum absolute atomic E-state index is 0.508. The lowest BCUT2D eigenvalue weighted by Gasteiger charge is -2.08. The Labute approximate surface area is 113 Å². The molecule has 0 N–H and O–H groups in total. The van der Waals surface area contributed by atoms with Crippen molar-refractivity contribution in [2.24, 2.45) is 5.18 Å². The van der Waals surface area contributed by atoms with Gasteiger partial charge in [-0.15, -0.1) is 4.91 Å². The molecule has 2 aromatic rings. The van der Waals surface area contributed by atoms with Gasteiger partial charge in [-0.25, -0.2) is 0 Å². The number of aryl methyl sites for hydroxylation is 1. The molecule has 0 unspecified atom stereocenters. The van der Waals surface area contributed by atoms with Crippen LogP contribution in [0.4, 0.5) is 5.69 Å². The van der Waals surface area contributed by atoms with Gasteiger partial charge in [-0.1, -0.05) is 31.5 Å². The number of hydrogen-bond donors (Lipinski definition) is 0. The molecule has 0 aromatic heterocycles. The maximum atomic E-state index is 10.8. The third kappa shape index (κ3) is 3.65. The Morgan fingerprint density at radius 2 is 1.84 bits per heavy atom. The van der Waals surface area contributed by atoms with Crippen LogP contribution in [0.2, 0.25) is 0 Å². The predicted octanol–water partition coefficient (Wildman–Crippen LogP) is 5.22. The first-order chi connectivity index (χ1) is 9.33. The van der Waals surface area contributed by atoms with Crippen LogP contribution in [0, 0.1) is 4.91 Å². The molecule has 2 aromatic carbocycles. The summed E-state index contributed by atoms with van der Waals surface area (Å²) in [5.74, 6) is 1.53. The second-order valence-electron chi connectivity index (χ2n) is 4.40. The van der Waals surface area contributed by atoms with E-state index in [0.29, 0.717) is 5.69 Å². The average Bonchev–Trinajstić information content (AvgIpc) is 2.46. The Balaban J connectivity index is 2.19. The van der Waals surface area contributed by atoms with Gasteiger partial charge in [0.05, 0.1) is 0 Å². The summed E-state index contributed by atoms with van der Waals surface area (Å²) in [6, 6.07) is 15.0. The summed E-state index contributed by atoms with van der Waals surface area (Å²) in [6.07, 6.45) is 2.98. The number of unbranched alkanes of at least 4 members (excludes halogenated alkanes) is 1. The van der Waals surface area contributed by atoms with Crippen molar-refractivity contribution < 1.29 is 4.74 Å². The molecule has 0 aliphatic rings. The van der Waals surface area contributed by atoms with Gasteiger partial charge in [0.25, 0.3) is 0 Å². The molecule has 0 atom stereocenters. The van der Waals surface area contributed by atoms with Crippen molar-refractivity contribution in [1.82, 2.24) is 0 Å². The number of hydrogen-bond acceptors (Lipinski definition) is 3. The van der Waals surface area contributed by atoms with Crippen molar-refractivity contribution >= 4 is 5.69 Å². The standard InChI is InChI=1S/C16H17NO2/c1-2-3-7-13-12-15(10-11-16(13)17-18)19-14-8-5-4-6-9-14/h4-6,8-12H,2-3,7H2,1H3. The molecular formula is C16H17NO2. The zero-order valence-corrected chi connectivity index (χ0v) is 11.0. The lowest BCUT2D eigenvalue weighted by Crippen LogP contribution is -1.89. The first-order valence-corrected chi connectivity index (χ1v) is 6.52. The average molecular weight is 255 g/mol. The van der Waals surface area contributed by atoms with E-state index in [2.05, 4.69) is 12.1 Å². The Morgan fingerprint density at radius 1 is 1.05 bits per heavy atom. The molecule has 0 spiro atoms. The molecule has 0 aliphatic heterocycles. The van der Waals surface area contributed by atoms with Crippen molar-refractivity contribution in [3.05, 3.63) is 59.0 Å². The summed E-state index contributed by atoms with van der Waals surface area (Å²) in [5, 5.41) is 3.07. The lowest BCUT2D eigenvalue weighted by molar-refractivity contribution is 0.482. The van der Waals surface area contributed by atoms with Crippen molar-refractivity contribution in [2.45, 2.75) is 26.2 Å². The van der Waals surface area contributed by atoms with Crippen molar-refractivity contribution in [2.75, 3.05) is 0 Å². The second-order valence-corrected chi connectivity index (χ2v) is 4.40. The minimum Gasteiger partial charge on any atom is -0.457 e. The molecule has 0 amide bonds. The monoisotopic (exact) mass is 255 g/mol. The van der Waals surface area contributed by atoms with Gasteiger partial charge < -0.3 is 4.74 Å². The number of benzene rings is 2. The topological polar surface area (TPSA) is 38.7 Å². The highest BCUT2D eigenvalue weighted by Crippen LogP contribution is 2.28. The summed E-state index contributed by atoms with van der Waals surface area (Å²) in [4.78, 5) is 10.8. The SMILES string of the molecule is CCCCc1cc(Oc2ccccc2)ccc1N=O. The smallest absolute Gasteiger partial charge is 0.127 e. The Hall–Kier alpha value is -2.16.